The fraction of sp³-hybridized carbons (Fsp3) is 0.231. The van der Waals surface area contributed by atoms with Crippen molar-refractivity contribution in [1.29, 1.82) is 0 Å². The number of hydrogen-bond acceptors (Lipinski definition) is 6. The highest BCUT2D eigenvalue weighted by molar-refractivity contribution is 5.87. The van der Waals surface area contributed by atoms with Crippen LogP contribution in [0.4, 0.5) is 11.4 Å². The lowest BCUT2D eigenvalue weighted by atomic mass is 10.1. The smallest absolute Gasteiger partial charge is 0.202 e. The van der Waals surface area contributed by atoms with Crippen LogP contribution in [0.3, 0.4) is 0 Å². The summed E-state index contributed by atoms with van der Waals surface area (Å²) in [7, 11) is 0. The van der Waals surface area contributed by atoms with Crippen LogP contribution in [-0.4, -0.2) is 32.2 Å². The summed E-state index contributed by atoms with van der Waals surface area (Å²) < 4.78 is 22.1. The maximum absolute atomic E-state index is 5.79. The molecule has 6 nitrogen and oxygen atoms in total. The molecular formula is C26H22N2O4. The van der Waals surface area contributed by atoms with Crippen molar-refractivity contribution >= 4 is 32.9 Å². The molecule has 0 spiro atoms. The van der Waals surface area contributed by atoms with E-state index in [1.807, 2.05) is 72.8 Å². The summed E-state index contributed by atoms with van der Waals surface area (Å²) in [4.78, 5) is 0. The molecule has 4 aromatic rings. The van der Waals surface area contributed by atoms with Gasteiger partial charge in [0, 0.05) is 6.42 Å². The van der Waals surface area contributed by atoms with Gasteiger partial charge in [-0.05, 0) is 70.1 Å². The van der Waals surface area contributed by atoms with Crippen LogP contribution in [0, 0.1) is 0 Å². The van der Waals surface area contributed by atoms with Crippen molar-refractivity contribution in [2.45, 2.75) is 18.8 Å². The summed E-state index contributed by atoms with van der Waals surface area (Å²) in [5.74, 6) is 1.68. The number of ether oxygens (including phenoxy) is 4. The van der Waals surface area contributed by atoms with Crippen LogP contribution in [-0.2, 0) is 9.47 Å². The van der Waals surface area contributed by atoms with Gasteiger partial charge < -0.3 is 18.9 Å². The van der Waals surface area contributed by atoms with E-state index in [-0.39, 0.29) is 12.4 Å². The molecule has 2 unspecified atom stereocenters. The van der Waals surface area contributed by atoms with Gasteiger partial charge in [0.15, 0.2) is 0 Å². The monoisotopic (exact) mass is 426 g/mol. The van der Waals surface area contributed by atoms with E-state index in [2.05, 4.69) is 10.2 Å². The van der Waals surface area contributed by atoms with Crippen LogP contribution in [0.1, 0.15) is 6.42 Å². The minimum absolute atomic E-state index is 0.112. The van der Waals surface area contributed by atoms with Gasteiger partial charge in [0.25, 0.3) is 0 Å². The van der Waals surface area contributed by atoms with Gasteiger partial charge in [-0.3, -0.25) is 0 Å². The maximum Gasteiger partial charge on any atom is 0.202 e. The Morgan fingerprint density at radius 3 is 1.88 bits per heavy atom. The summed E-state index contributed by atoms with van der Waals surface area (Å²) >= 11 is 0. The zero-order valence-corrected chi connectivity index (χ0v) is 17.4. The van der Waals surface area contributed by atoms with Crippen molar-refractivity contribution < 1.29 is 18.9 Å². The molecule has 0 amide bonds. The van der Waals surface area contributed by atoms with E-state index in [1.165, 1.54) is 0 Å². The molecule has 0 N–H and O–H groups in total. The van der Waals surface area contributed by atoms with Gasteiger partial charge in [0.1, 0.15) is 24.2 Å². The molecule has 2 heterocycles. The van der Waals surface area contributed by atoms with Gasteiger partial charge in [0.2, 0.25) is 6.29 Å². The minimum atomic E-state index is -0.112. The molecule has 2 fully saturated rings. The molecule has 2 saturated heterocycles. The van der Waals surface area contributed by atoms with Gasteiger partial charge in [-0.2, -0.15) is 10.2 Å². The summed E-state index contributed by atoms with van der Waals surface area (Å²) in [6.45, 7) is 2.17. The van der Waals surface area contributed by atoms with E-state index < -0.39 is 0 Å². The first kappa shape index (κ1) is 19.2. The first-order valence-electron chi connectivity index (χ1n) is 10.8. The van der Waals surface area contributed by atoms with Crippen molar-refractivity contribution in [2.75, 3.05) is 19.8 Å². The third kappa shape index (κ3) is 4.28. The van der Waals surface area contributed by atoms with E-state index in [1.54, 1.807) is 0 Å². The Kier molecular flexibility index (Phi) is 4.94. The van der Waals surface area contributed by atoms with Gasteiger partial charge in [0.05, 0.1) is 24.6 Å². The summed E-state index contributed by atoms with van der Waals surface area (Å²) in [6, 6.07) is 24.1. The minimum Gasteiger partial charge on any atom is -0.491 e. The molecule has 2 aliphatic heterocycles. The van der Waals surface area contributed by atoms with E-state index in [4.69, 9.17) is 18.9 Å². The van der Waals surface area contributed by atoms with Crippen LogP contribution in [0.15, 0.2) is 83.0 Å². The quantitative estimate of drug-likeness (QED) is 0.257. The van der Waals surface area contributed by atoms with Crippen molar-refractivity contribution in [3.8, 4) is 11.5 Å². The van der Waals surface area contributed by atoms with Crippen LogP contribution in [0.5, 0.6) is 11.5 Å². The molecule has 0 radical (unpaired) electrons. The molecule has 32 heavy (non-hydrogen) atoms. The second-order valence-electron chi connectivity index (χ2n) is 8.06. The standard InChI is InChI=1S/C26H22N2O4/c1-5-21(11-17-3-7-23(13-19(1)17)30-15-25-16-31-25)27-28-22-6-2-20-14-24(8-4-18(20)12-22)32-26-9-10-29-26/h1-8,11-14,25-26H,9-10,15-16H2. The van der Waals surface area contributed by atoms with Crippen LogP contribution in [0.2, 0.25) is 0 Å². The highest BCUT2D eigenvalue weighted by atomic mass is 16.7. The van der Waals surface area contributed by atoms with Crippen molar-refractivity contribution in [1.82, 2.24) is 0 Å². The maximum atomic E-state index is 5.79. The Morgan fingerprint density at radius 2 is 1.28 bits per heavy atom. The number of rotatable bonds is 7. The Labute approximate surface area is 185 Å². The molecule has 0 aromatic heterocycles. The van der Waals surface area contributed by atoms with Gasteiger partial charge in [-0.1, -0.05) is 24.3 Å². The molecule has 0 saturated carbocycles. The zero-order valence-electron chi connectivity index (χ0n) is 17.4. The van der Waals surface area contributed by atoms with Crippen LogP contribution >= 0.6 is 0 Å². The van der Waals surface area contributed by atoms with Gasteiger partial charge in [-0.15, -0.1) is 0 Å². The Bertz CT molecular complexity index is 1310. The summed E-state index contributed by atoms with van der Waals surface area (Å²) in [6.07, 6.45) is 1.08. The fourth-order valence-electron chi connectivity index (χ4n) is 3.64. The Hall–Kier alpha value is -3.48. The second kappa shape index (κ2) is 8.22. The Morgan fingerprint density at radius 1 is 0.719 bits per heavy atom. The number of benzene rings is 4. The second-order valence-corrected chi connectivity index (χ2v) is 8.06. The number of fused-ring (bicyclic) bond motifs is 2. The third-order valence-electron chi connectivity index (χ3n) is 5.63. The number of hydrogen-bond donors (Lipinski definition) is 0. The lowest BCUT2D eigenvalue weighted by molar-refractivity contribution is -0.165. The van der Waals surface area contributed by atoms with Crippen molar-refractivity contribution in [3.63, 3.8) is 0 Å². The lowest BCUT2D eigenvalue weighted by Crippen LogP contribution is -2.32. The highest BCUT2D eigenvalue weighted by Crippen LogP contribution is 2.30. The fourth-order valence-corrected chi connectivity index (χ4v) is 3.64. The number of epoxide rings is 1. The normalized spacial score (nSPS) is 19.9. The summed E-state index contributed by atoms with van der Waals surface area (Å²) in [5.41, 5.74) is 1.61. The van der Waals surface area contributed by atoms with Gasteiger partial charge in [-0.25, -0.2) is 0 Å². The largest absolute Gasteiger partial charge is 0.491 e. The average molecular weight is 426 g/mol. The first-order valence-corrected chi connectivity index (χ1v) is 10.8. The van der Waals surface area contributed by atoms with E-state index in [0.717, 1.165) is 64.1 Å². The topological polar surface area (TPSA) is 64.9 Å². The molecule has 6 rings (SSSR count). The number of azo groups is 1. The van der Waals surface area contributed by atoms with Crippen molar-refractivity contribution in [3.05, 3.63) is 72.8 Å². The van der Waals surface area contributed by atoms with Crippen LogP contribution in [0.25, 0.3) is 21.5 Å². The van der Waals surface area contributed by atoms with Gasteiger partial charge >= 0.3 is 0 Å². The van der Waals surface area contributed by atoms with E-state index >= 15 is 0 Å². The third-order valence-corrected chi connectivity index (χ3v) is 5.63. The first-order chi connectivity index (χ1) is 15.8. The molecular weight excluding hydrogens is 404 g/mol. The molecule has 2 atom stereocenters. The molecule has 2 aliphatic rings. The zero-order chi connectivity index (χ0) is 21.3. The summed E-state index contributed by atoms with van der Waals surface area (Å²) in [5, 5.41) is 13.3. The molecule has 0 aliphatic carbocycles. The van der Waals surface area contributed by atoms with Crippen LogP contribution < -0.4 is 9.47 Å². The predicted octanol–water partition coefficient (Wildman–Crippen LogP) is 6.31. The molecule has 0 bridgehead atoms. The Balaban J connectivity index is 1.17. The predicted molar refractivity (Wildman–Crippen MR) is 122 cm³/mol. The molecule has 160 valence electrons. The molecule has 6 heteroatoms. The van der Waals surface area contributed by atoms with E-state index in [9.17, 15) is 0 Å². The van der Waals surface area contributed by atoms with E-state index in [0.29, 0.717) is 6.61 Å². The van der Waals surface area contributed by atoms with Crippen molar-refractivity contribution in [2.24, 2.45) is 10.2 Å². The highest BCUT2D eigenvalue weighted by Gasteiger charge is 2.23. The number of nitrogens with zero attached hydrogens (tertiary/aromatic N) is 2. The lowest BCUT2D eigenvalue weighted by Gasteiger charge is -2.26. The SMILES string of the molecule is c1cc2cc(OCC3CO3)ccc2cc1N=Nc1ccc2cc(OC3CCO3)ccc2c1. The average Bonchev–Trinajstić information content (AvgIpc) is 3.63. The molecule has 4 aromatic carbocycles.